The van der Waals surface area contributed by atoms with Crippen LogP contribution in [0.5, 0.6) is 0 Å². The number of fused-ring (bicyclic) bond motifs is 5. The van der Waals surface area contributed by atoms with Gasteiger partial charge >= 0.3 is 0 Å². The van der Waals surface area contributed by atoms with Crippen LogP contribution in [0.3, 0.4) is 0 Å². The molecule has 3 saturated carbocycles. The van der Waals surface area contributed by atoms with Crippen molar-refractivity contribution in [2.75, 3.05) is 0 Å². The highest BCUT2D eigenvalue weighted by atomic mass is 16.2. The van der Waals surface area contributed by atoms with Crippen LogP contribution in [0.4, 0.5) is 0 Å². The minimum Gasteiger partial charge on any atom is -0.353 e. The number of hydrogen-bond donors (Lipinski definition) is 1. The van der Waals surface area contributed by atoms with Crippen molar-refractivity contribution in [1.82, 2.24) is 5.32 Å². The molecular formula is C28H49NO. The van der Waals surface area contributed by atoms with Gasteiger partial charge in [-0.3, -0.25) is 4.79 Å². The van der Waals surface area contributed by atoms with Gasteiger partial charge in [0.25, 0.3) is 0 Å². The molecule has 9 atom stereocenters. The van der Waals surface area contributed by atoms with Gasteiger partial charge in [0.15, 0.2) is 0 Å². The van der Waals surface area contributed by atoms with Crippen molar-refractivity contribution in [2.45, 2.75) is 118 Å². The predicted octanol–water partition coefficient (Wildman–Crippen LogP) is 7.22. The summed E-state index contributed by atoms with van der Waals surface area (Å²) in [5.74, 6) is 5.94. The largest absolute Gasteiger partial charge is 0.353 e. The number of carbonyl (C=O) groups excluding carboxylic acids is 1. The van der Waals surface area contributed by atoms with E-state index in [0.29, 0.717) is 22.8 Å². The molecule has 30 heavy (non-hydrogen) atoms. The maximum atomic E-state index is 12.6. The summed E-state index contributed by atoms with van der Waals surface area (Å²) in [6.45, 7) is 14.8. The number of amides is 1. The molecule has 172 valence electrons. The van der Waals surface area contributed by atoms with E-state index in [4.69, 9.17) is 0 Å². The van der Waals surface area contributed by atoms with E-state index in [-0.39, 0.29) is 5.92 Å². The average molecular weight is 416 g/mol. The van der Waals surface area contributed by atoms with E-state index >= 15 is 0 Å². The van der Waals surface area contributed by atoms with Gasteiger partial charge in [-0.25, -0.2) is 0 Å². The second-order valence-electron chi connectivity index (χ2n) is 12.9. The van der Waals surface area contributed by atoms with Crippen molar-refractivity contribution < 1.29 is 4.79 Å². The fourth-order valence-corrected chi connectivity index (χ4v) is 9.25. The Balaban J connectivity index is 1.49. The molecule has 4 aliphatic rings. The minimum atomic E-state index is 0.246. The number of piperidine rings is 1. The summed E-state index contributed by atoms with van der Waals surface area (Å²) in [5, 5.41) is 3.48. The summed E-state index contributed by atoms with van der Waals surface area (Å²) < 4.78 is 0. The molecule has 0 spiro atoms. The van der Waals surface area contributed by atoms with Crippen molar-refractivity contribution in [2.24, 2.45) is 52.3 Å². The standard InChI is InChI=1S/C28H49NO/c1-7-20-17-28(6)24-15-16-27(5)22(19(4)10-8-9-18(2)3)12-13-23(27)21(24)11-14-25(28)29-26(20)30/h18-25H,7-17H2,1-6H3,(H,29,30)/t19-,20?,21+,22-,23+,24+,25-,27-,28-/m1/s1. The molecule has 0 aromatic carbocycles. The lowest BCUT2D eigenvalue weighted by Crippen LogP contribution is -2.63. The lowest BCUT2D eigenvalue weighted by molar-refractivity contribution is -0.145. The highest BCUT2D eigenvalue weighted by Gasteiger charge is 2.61. The Bertz CT molecular complexity index is 628. The van der Waals surface area contributed by atoms with Crippen molar-refractivity contribution in [3.05, 3.63) is 0 Å². The fourth-order valence-electron chi connectivity index (χ4n) is 9.25. The van der Waals surface area contributed by atoms with Gasteiger partial charge in [0.2, 0.25) is 5.91 Å². The van der Waals surface area contributed by atoms with Crippen LogP contribution in [0, 0.1) is 52.3 Å². The summed E-state index contributed by atoms with van der Waals surface area (Å²) in [4.78, 5) is 12.6. The SMILES string of the molecule is CCC1C[C@@]2(C)[C@@H](CC[C@@H]3[C@@H]2CC[C@]2(C)[C@@H]([C@H](C)CCCC(C)C)CC[C@@H]32)NC1=O. The predicted molar refractivity (Wildman–Crippen MR) is 126 cm³/mol. The van der Waals surface area contributed by atoms with Crippen LogP contribution in [0.25, 0.3) is 0 Å². The van der Waals surface area contributed by atoms with Gasteiger partial charge in [-0.15, -0.1) is 0 Å². The third-order valence-corrected chi connectivity index (χ3v) is 10.9. The quantitative estimate of drug-likeness (QED) is 0.487. The molecule has 1 heterocycles. The summed E-state index contributed by atoms with van der Waals surface area (Å²) in [5.41, 5.74) is 0.906. The molecule has 0 aromatic heterocycles. The molecule has 0 aromatic rings. The first kappa shape index (κ1) is 22.7. The van der Waals surface area contributed by atoms with Gasteiger partial charge in [-0.1, -0.05) is 60.8 Å². The van der Waals surface area contributed by atoms with Gasteiger partial charge in [-0.2, -0.15) is 0 Å². The topological polar surface area (TPSA) is 29.1 Å². The summed E-state index contributed by atoms with van der Waals surface area (Å²) in [6.07, 6.45) is 14.8. The second kappa shape index (κ2) is 8.43. The zero-order valence-corrected chi connectivity index (χ0v) is 20.8. The summed E-state index contributed by atoms with van der Waals surface area (Å²) >= 11 is 0. The van der Waals surface area contributed by atoms with Gasteiger partial charge in [0, 0.05) is 12.0 Å². The van der Waals surface area contributed by atoms with Gasteiger partial charge in [-0.05, 0) is 97.7 Å². The molecule has 2 nitrogen and oxygen atoms in total. The van der Waals surface area contributed by atoms with Crippen LogP contribution in [-0.2, 0) is 4.79 Å². The molecule has 1 unspecified atom stereocenters. The van der Waals surface area contributed by atoms with E-state index in [1.807, 2.05) is 0 Å². The first-order valence-corrected chi connectivity index (χ1v) is 13.5. The Kier molecular flexibility index (Phi) is 6.37. The Hall–Kier alpha value is -0.530. The Morgan fingerprint density at radius 2 is 1.70 bits per heavy atom. The summed E-state index contributed by atoms with van der Waals surface area (Å²) in [7, 11) is 0. The van der Waals surface area contributed by atoms with Crippen LogP contribution in [-0.4, -0.2) is 11.9 Å². The normalized spacial score (nSPS) is 46.7. The number of hydrogen-bond acceptors (Lipinski definition) is 1. The third kappa shape index (κ3) is 3.66. The molecule has 1 amide bonds. The molecule has 0 radical (unpaired) electrons. The van der Waals surface area contributed by atoms with Gasteiger partial charge in [0.05, 0.1) is 0 Å². The van der Waals surface area contributed by atoms with Crippen molar-refractivity contribution in [1.29, 1.82) is 0 Å². The fraction of sp³-hybridized carbons (Fsp3) is 0.964. The average Bonchev–Trinajstić information content (AvgIpc) is 3.05. The zero-order valence-electron chi connectivity index (χ0n) is 20.8. The van der Waals surface area contributed by atoms with Crippen LogP contribution >= 0.6 is 0 Å². The van der Waals surface area contributed by atoms with E-state index in [9.17, 15) is 4.79 Å². The van der Waals surface area contributed by atoms with Crippen LogP contribution in [0.2, 0.25) is 0 Å². The first-order valence-electron chi connectivity index (χ1n) is 13.5. The van der Waals surface area contributed by atoms with E-state index in [2.05, 4.69) is 46.9 Å². The second-order valence-corrected chi connectivity index (χ2v) is 12.9. The van der Waals surface area contributed by atoms with E-state index in [1.165, 1.54) is 57.8 Å². The Morgan fingerprint density at radius 1 is 0.967 bits per heavy atom. The molecule has 2 heteroatoms. The number of rotatable bonds is 6. The first-order chi connectivity index (χ1) is 14.2. The molecule has 0 bridgehead atoms. The Labute approximate surface area is 186 Å². The van der Waals surface area contributed by atoms with Gasteiger partial charge < -0.3 is 5.32 Å². The summed E-state index contributed by atoms with van der Waals surface area (Å²) in [6, 6.07) is 0.436. The number of carbonyl (C=O) groups is 1. The van der Waals surface area contributed by atoms with E-state index in [1.54, 1.807) is 0 Å². The van der Waals surface area contributed by atoms with E-state index < -0.39 is 0 Å². The number of nitrogens with one attached hydrogen (secondary N) is 1. The maximum Gasteiger partial charge on any atom is 0.223 e. The van der Waals surface area contributed by atoms with Crippen LogP contribution < -0.4 is 5.32 Å². The van der Waals surface area contributed by atoms with Crippen molar-refractivity contribution in [3.8, 4) is 0 Å². The smallest absolute Gasteiger partial charge is 0.223 e. The lowest BCUT2D eigenvalue weighted by Gasteiger charge is -2.61. The Morgan fingerprint density at radius 3 is 2.40 bits per heavy atom. The lowest BCUT2D eigenvalue weighted by atomic mass is 9.46. The van der Waals surface area contributed by atoms with Gasteiger partial charge in [0.1, 0.15) is 0 Å². The minimum absolute atomic E-state index is 0.246. The molecule has 3 aliphatic carbocycles. The molecule has 1 saturated heterocycles. The highest BCUT2D eigenvalue weighted by Crippen LogP contribution is 2.67. The molecule has 4 fully saturated rings. The van der Waals surface area contributed by atoms with Crippen molar-refractivity contribution in [3.63, 3.8) is 0 Å². The van der Waals surface area contributed by atoms with Crippen LogP contribution in [0.1, 0.15) is 112 Å². The molecule has 4 rings (SSSR count). The highest BCUT2D eigenvalue weighted by molar-refractivity contribution is 5.80. The maximum absolute atomic E-state index is 12.6. The molecular weight excluding hydrogens is 366 g/mol. The van der Waals surface area contributed by atoms with E-state index in [0.717, 1.165) is 48.3 Å². The third-order valence-electron chi connectivity index (χ3n) is 10.9. The monoisotopic (exact) mass is 415 g/mol. The van der Waals surface area contributed by atoms with Crippen molar-refractivity contribution >= 4 is 5.91 Å². The molecule has 1 N–H and O–H groups in total. The van der Waals surface area contributed by atoms with Crippen LogP contribution in [0.15, 0.2) is 0 Å². The molecule has 1 aliphatic heterocycles. The zero-order chi connectivity index (χ0) is 21.7.